The van der Waals surface area contributed by atoms with Crippen LogP contribution in [0.25, 0.3) is 0 Å². The van der Waals surface area contributed by atoms with Gasteiger partial charge in [0.05, 0.1) is 6.61 Å². The predicted octanol–water partition coefficient (Wildman–Crippen LogP) is 4.60. The van der Waals surface area contributed by atoms with Gasteiger partial charge in [0.1, 0.15) is 5.75 Å². The number of aryl methyl sites for hydroxylation is 1. The van der Waals surface area contributed by atoms with Crippen LogP contribution in [0.1, 0.15) is 33.8 Å². The van der Waals surface area contributed by atoms with Gasteiger partial charge in [-0.25, -0.2) is 0 Å². The van der Waals surface area contributed by atoms with E-state index in [1.165, 1.54) is 20.9 Å². The van der Waals surface area contributed by atoms with Crippen LogP contribution in [0.4, 0.5) is 0 Å². The first-order chi connectivity index (χ1) is 9.63. The van der Waals surface area contributed by atoms with Crippen molar-refractivity contribution in [1.29, 1.82) is 0 Å². The van der Waals surface area contributed by atoms with Crippen molar-refractivity contribution in [2.24, 2.45) is 0 Å². The number of fused-ring (bicyclic) bond motifs is 1. The summed E-state index contributed by atoms with van der Waals surface area (Å²) in [7, 11) is 0. The Labute approximate surface area is 132 Å². The monoisotopic (exact) mass is 351 g/mol. The van der Waals surface area contributed by atoms with Gasteiger partial charge < -0.3 is 10.1 Å². The van der Waals surface area contributed by atoms with Crippen LogP contribution >= 0.6 is 27.3 Å². The quantitative estimate of drug-likeness (QED) is 0.868. The molecule has 3 rings (SSSR count). The maximum Gasteiger partial charge on any atom is 0.127 e. The molecule has 0 spiro atoms. The van der Waals surface area contributed by atoms with Gasteiger partial charge in [0, 0.05) is 38.8 Å². The standard InChI is InChI=1S/C16H18BrNOS/c1-10-3-4-15(20-10)11(2)18-9-13-8-14(17)7-12-5-6-19-16(12)13/h3-4,7-8,11,18H,5-6,9H2,1-2H3. The van der Waals surface area contributed by atoms with Crippen LogP contribution in [-0.2, 0) is 13.0 Å². The second-order valence-electron chi connectivity index (χ2n) is 5.20. The number of hydrogen-bond donors (Lipinski definition) is 1. The van der Waals surface area contributed by atoms with Gasteiger partial charge >= 0.3 is 0 Å². The molecule has 2 aromatic rings. The average molecular weight is 352 g/mol. The minimum absolute atomic E-state index is 0.365. The molecule has 1 N–H and O–H groups in total. The molecular weight excluding hydrogens is 334 g/mol. The Morgan fingerprint density at radius 2 is 2.25 bits per heavy atom. The van der Waals surface area contributed by atoms with Crippen molar-refractivity contribution in [3.05, 3.63) is 49.6 Å². The zero-order chi connectivity index (χ0) is 14.1. The molecule has 1 aliphatic rings. The van der Waals surface area contributed by atoms with E-state index < -0.39 is 0 Å². The number of hydrogen-bond acceptors (Lipinski definition) is 3. The van der Waals surface area contributed by atoms with Gasteiger partial charge in [-0.2, -0.15) is 0 Å². The van der Waals surface area contributed by atoms with Crippen molar-refractivity contribution in [3.63, 3.8) is 0 Å². The minimum Gasteiger partial charge on any atom is -0.493 e. The molecule has 2 heterocycles. The molecule has 1 unspecified atom stereocenters. The fourth-order valence-electron chi connectivity index (χ4n) is 2.53. The molecule has 0 radical (unpaired) electrons. The summed E-state index contributed by atoms with van der Waals surface area (Å²) in [5, 5.41) is 3.60. The molecule has 20 heavy (non-hydrogen) atoms. The summed E-state index contributed by atoms with van der Waals surface area (Å²) in [5.74, 6) is 1.08. The van der Waals surface area contributed by atoms with Crippen LogP contribution < -0.4 is 10.1 Å². The van der Waals surface area contributed by atoms with Crippen LogP contribution in [0, 0.1) is 6.92 Å². The molecule has 1 aromatic carbocycles. The first kappa shape index (κ1) is 14.1. The molecule has 0 fully saturated rings. The van der Waals surface area contributed by atoms with Crippen molar-refractivity contribution < 1.29 is 4.74 Å². The third kappa shape index (κ3) is 2.92. The molecular formula is C16H18BrNOS. The van der Waals surface area contributed by atoms with Gasteiger partial charge in [-0.3, -0.25) is 0 Å². The summed E-state index contributed by atoms with van der Waals surface area (Å²) < 4.78 is 6.91. The summed E-state index contributed by atoms with van der Waals surface area (Å²) >= 11 is 5.45. The van der Waals surface area contributed by atoms with Gasteiger partial charge in [0.15, 0.2) is 0 Å². The van der Waals surface area contributed by atoms with E-state index in [0.717, 1.165) is 29.8 Å². The van der Waals surface area contributed by atoms with E-state index in [9.17, 15) is 0 Å². The Morgan fingerprint density at radius 3 is 3.00 bits per heavy atom. The Kier molecular flexibility index (Phi) is 4.15. The van der Waals surface area contributed by atoms with Crippen molar-refractivity contribution >= 4 is 27.3 Å². The van der Waals surface area contributed by atoms with Crippen LogP contribution in [0.5, 0.6) is 5.75 Å². The number of ether oxygens (including phenoxy) is 1. The molecule has 0 aliphatic carbocycles. The maximum absolute atomic E-state index is 5.77. The number of halogens is 1. The topological polar surface area (TPSA) is 21.3 Å². The van der Waals surface area contributed by atoms with Gasteiger partial charge in [-0.1, -0.05) is 15.9 Å². The lowest BCUT2D eigenvalue weighted by Crippen LogP contribution is -2.17. The Hall–Kier alpha value is -0.840. The Morgan fingerprint density at radius 1 is 1.40 bits per heavy atom. The van der Waals surface area contributed by atoms with Crippen LogP contribution in [0.2, 0.25) is 0 Å². The van der Waals surface area contributed by atoms with Crippen molar-refractivity contribution in [2.75, 3.05) is 6.61 Å². The fraction of sp³-hybridized carbons (Fsp3) is 0.375. The van der Waals surface area contributed by atoms with Crippen molar-refractivity contribution in [1.82, 2.24) is 5.32 Å². The molecule has 0 saturated carbocycles. The molecule has 0 bridgehead atoms. The molecule has 0 saturated heterocycles. The second-order valence-corrected chi connectivity index (χ2v) is 7.44. The van der Waals surface area contributed by atoms with E-state index in [0.29, 0.717) is 6.04 Å². The van der Waals surface area contributed by atoms with Crippen LogP contribution in [0.15, 0.2) is 28.7 Å². The minimum atomic E-state index is 0.365. The maximum atomic E-state index is 5.77. The number of thiophene rings is 1. The molecule has 1 atom stereocenters. The smallest absolute Gasteiger partial charge is 0.127 e. The van der Waals surface area contributed by atoms with Crippen molar-refractivity contribution in [2.45, 2.75) is 32.9 Å². The normalized spacial score (nSPS) is 14.9. The number of benzene rings is 1. The van der Waals surface area contributed by atoms with Crippen LogP contribution in [-0.4, -0.2) is 6.61 Å². The lowest BCUT2D eigenvalue weighted by Gasteiger charge is -2.14. The average Bonchev–Trinajstić information content (AvgIpc) is 3.03. The predicted molar refractivity (Wildman–Crippen MR) is 87.7 cm³/mol. The first-order valence-electron chi connectivity index (χ1n) is 6.87. The zero-order valence-corrected chi connectivity index (χ0v) is 14.1. The van der Waals surface area contributed by atoms with Crippen molar-refractivity contribution in [3.8, 4) is 5.75 Å². The molecule has 1 aromatic heterocycles. The van der Waals surface area contributed by atoms with Gasteiger partial charge in [-0.05, 0) is 43.7 Å². The SMILES string of the molecule is Cc1ccc(C(C)NCc2cc(Br)cc3c2OCC3)s1. The highest BCUT2D eigenvalue weighted by atomic mass is 79.9. The lowest BCUT2D eigenvalue weighted by atomic mass is 10.1. The number of rotatable bonds is 4. The largest absolute Gasteiger partial charge is 0.493 e. The summed E-state index contributed by atoms with van der Waals surface area (Å²) in [6, 6.07) is 9.07. The summed E-state index contributed by atoms with van der Waals surface area (Å²) in [6.45, 7) is 6.00. The summed E-state index contributed by atoms with van der Waals surface area (Å²) in [6.07, 6.45) is 1.02. The van der Waals surface area contributed by atoms with E-state index >= 15 is 0 Å². The highest BCUT2D eigenvalue weighted by Crippen LogP contribution is 2.33. The summed E-state index contributed by atoms with van der Waals surface area (Å²) in [5.41, 5.74) is 2.56. The third-order valence-corrected chi connectivity index (χ3v) is 5.25. The van der Waals surface area contributed by atoms with E-state index in [-0.39, 0.29) is 0 Å². The van der Waals surface area contributed by atoms with Gasteiger partial charge in [-0.15, -0.1) is 11.3 Å². The molecule has 1 aliphatic heterocycles. The van der Waals surface area contributed by atoms with Gasteiger partial charge in [0.25, 0.3) is 0 Å². The highest BCUT2D eigenvalue weighted by Gasteiger charge is 2.18. The molecule has 2 nitrogen and oxygen atoms in total. The Balaban J connectivity index is 1.73. The highest BCUT2D eigenvalue weighted by molar-refractivity contribution is 9.10. The van der Waals surface area contributed by atoms with E-state index in [1.54, 1.807) is 0 Å². The summed E-state index contributed by atoms with van der Waals surface area (Å²) in [4.78, 5) is 2.75. The molecule has 0 amide bonds. The lowest BCUT2D eigenvalue weighted by molar-refractivity contribution is 0.351. The number of nitrogens with one attached hydrogen (secondary N) is 1. The Bertz CT molecular complexity index is 623. The third-order valence-electron chi connectivity index (χ3n) is 3.61. The van der Waals surface area contributed by atoms with Crippen LogP contribution in [0.3, 0.4) is 0 Å². The van der Waals surface area contributed by atoms with E-state index in [4.69, 9.17) is 4.74 Å². The van der Waals surface area contributed by atoms with Gasteiger partial charge in [0.2, 0.25) is 0 Å². The molecule has 4 heteroatoms. The second kappa shape index (κ2) is 5.88. The zero-order valence-electron chi connectivity index (χ0n) is 11.7. The fourth-order valence-corrected chi connectivity index (χ4v) is 3.98. The first-order valence-corrected chi connectivity index (χ1v) is 8.48. The van der Waals surface area contributed by atoms with E-state index in [2.05, 4.69) is 59.4 Å². The molecule has 106 valence electrons. The van der Waals surface area contributed by atoms with E-state index in [1.807, 2.05) is 11.3 Å².